The quantitative estimate of drug-likeness (QED) is 0.667. The van der Waals surface area contributed by atoms with Crippen LogP contribution in [0.1, 0.15) is 20.3 Å². The van der Waals surface area contributed by atoms with E-state index in [4.69, 9.17) is 5.73 Å². The molecule has 76 valence electrons. The summed E-state index contributed by atoms with van der Waals surface area (Å²) in [6, 6.07) is 0. The molecule has 1 heterocycles. The van der Waals surface area contributed by atoms with Crippen LogP contribution in [0.25, 0.3) is 0 Å². The van der Waals surface area contributed by atoms with Gasteiger partial charge in [-0.15, -0.1) is 0 Å². The standard InChI is InChI=1S/C11H22N2/c1-9(2)11-4-5-13(8-11)7-10(3)6-12/h9,11H,3-8,12H2,1-2H3. The summed E-state index contributed by atoms with van der Waals surface area (Å²) in [6.45, 7) is 12.6. The number of nitrogens with zero attached hydrogens (tertiary/aromatic N) is 1. The number of rotatable bonds is 4. The van der Waals surface area contributed by atoms with Crippen molar-refractivity contribution in [1.82, 2.24) is 4.90 Å². The summed E-state index contributed by atoms with van der Waals surface area (Å²) in [5.41, 5.74) is 6.68. The fourth-order valence-electron chi connectivity index (χ4n) is 1.93. The van der Waals surface area contributed by atoms with Crippen molar-refractivity contribution < 1.29 is 0 Å². The summed E-state index contributed by atoms with van der Waals surface area (Å²) in [7, 11) is 0. The lowest BCUT2D eigenvalue weighted by atomic mass is 9.95. The molecule has 2 N–H and O–H groups in total. The molecule has 1 saturated heterocycles. The molecular formula is C11H22N2. The summed E-state index contributed by atoms with van der Waals surface area (Å²) in [5.74, 6) is 1.70. The molecule has 0 bridgehead atoms. The maximum Gasteiger partial charge on any atom is 0.0202 e. The van der Waals surface area contributed by atoms with Crippen molar-refractivity contribution in [2.75, 3.05) is 26.2 Å². The highest BCUT2D eigenvalue weighted by molar-refractivity contribution is 4.99. The van der Waals surface area contributed by atoms with E-state index in [0.29, 0.717) is 6.54 Å². The molecule has 0 radical (unpaired) electrons. The number of nitrogens with two attached hydrogens (primary N) is 1. The highest BCUT2D eigenvalue weighted by Crippen LogP contribution is 2.23. The molecule has 0 amide bonds. The van der Waals surface area contributed by atoms with Crippen molar-refractivity contribution in [3.05, 3.63) is 12.2 Å². The molecule has 1 unspecified atom stereocenters. The summed E-state index contributed by atoms with van der Waals surface area (Å²) in [4.78, 5) is 2.47. The maximum atomic E-state index is 5.52. The van der Waals surface area contributed by atoms with Gasteiger partial charge < -0.3 is 5.73 Å². The van der Waals surface area contributed by atoms with Crippen LogP contribution in [0.4, 0.5) is 0 Å². The van der Waals surface area contributed by atoms with Crippen molar-refractivity contribution in [3.8, 4) is 0 Å². The van der Waals surface area contributed by atoms with E-state index in [-0.39, 0.29) is 0 Å². The number of hydrogen-bond acceptors (Lipinski definition) is 2. The van der Waals surface area contributed by atoms with Gasteiger partial charge in [0.2, 0.25) is 0 Å². The van der Waals surface area contributed by atoms with Crippen molar-refractivity contribution >= 4 is 0 Å². The Morgan fingerprint density at radius 1 is 1.62 bits per heavy atom. The third-order valence-corrected chi connectivity index (χ3v) is 2.99. The van der Waals surface area contributed by atoms with Crippen LogP contribution in [0, 0.1) is 11.8 Å². The Morgan fingerprint density at radius 3 is 2.77 bits per heavy atom. The average Bonchev–Trinajstić information content (AvgIpc) is 2.52. The van der Waals surface area contributed by atoms with E-state index < -0.39 is 0 Å². The zero-order valence-electron chi connectivity index (χ0n) is 8.92. The monoisotopic (exact) mass is 182 g/mol. The fourth-order valence-corrected chi connectivity index (χ4v) is 1.93. The molecular weight excluding hydrogens is 160 g/mol. The largest absolute Gasteiger partial charge is 0.327 e. The van der Waals surface area contributed by atoms with E-state index in [9.17, 15) is 0 Å². The molecule has 0 aromatic rings. The minimum atomic E-state index is 0.628. The molecule has 1 rings (SSSR count). The first-order chi connectivity index (χ1) is 6.13. The van der Waals surface area contributed by atoms with Gasteiger partial charge in [0.1, 0.15) is 0 Å². The summed E-state index contributed by atoms with van der Waals surface area (Å²) >= 11 is 0. The SMILES string of the molecule is C=C(CN)CN1CCC(C(C)C)C1. The van der Waals surface area contributed by atoms with Crippen LogP contribution in [0.5, 0.6) is 0 Å². The Hall–Kier alpha value is -0.340. The van der Waals surface area contributed by atoms with E-state index in [2.05, 4.69) is 25.3 Å². The molecule has 0 saturated carbocycles. The van der Waals surface area contributed by atoms with Gasteiger partial charge in [0, 0.05) is 19.6 Å². The van der Waals surface area contributed by atoms with Crippen molar-refractivity contribution in [1.29, 1.82) is 0 Å². The third-order valence-electron chi connectivity index (χ3n) is 2.99. The molecule has 13 heavy (non-hydrogen) atoms. The average molecular weight is 182 g/mol. The van der Waals surface area contributed by atoms with E-state index >= 15 is 0 Å². The van der Waals surface area contributed by atoms with Gasteiger partial charge in [-0.1, -0.05) is 20.4 Å². The van der Waals surface area contributed by atoms with Crippen LogP contribution in [-0.2, 0) is 0 Å². The number of hydrogen-bond donors (Lipinski definition) is 1. The highest BCUT2D eigenvalue weighted by atomic mass is 15.1. The van der Waals surface area contributed by atoms with Crippen LogP contribution in [0.2, 0.25) is 0 Å². The second kappa shape index (κ2) is 4.77. The van der Waals surface area contributed by atoms with Crippen LogP contribution >= 0.6 is 0 Å². The second-order valence-electron chi connectivity index (χ2n) is 4.48. The summed E-state index contributed by atoms with van der Waals surface area (Å²) in [5, 5.41) is 0. The Labute approximate surface area is 81.8 Å². The van der Waals surface area contributed by atoms with Gasteiger partial charge in [-0.05, 0) is 30.4 Å². The Morgan fingerprint density at radius 2 is 2.31 bits per heavy atom. The van der Waals surface area contributed by atoms with E-state index in [1.165, 1.54) is 19.5 Å². The van der Waals surface area contributed by atoms with Crippen LogP contribution in [-0.4, -0.2) is 31.1 Å². The fraction of sp³-hybridized carbons (Fsp3) is 0.818. The minimum Gasteiger partial charge on any atom is -0.327 e. The van der Waals surface area contributed by atoms with Crippen molar-refractivity contribution in [3.63, 3.8) is 0 Å². The predicted octanol–water partition coefficient (Wildman–Crippen LogP) is 1.48. The molecule has 1 aliphatic rings. The first-order valence-corrected chi connectivity index (χ1v) is 5.22. The van der Waals surface area contributed by atoms with Gasteiger partial charge in [0.25, 0.3) is 0 Å². The zero-order chi connectivity index (χ0) is 9.84. The lowest BCUT2D eigenvalue weighted by Gasteiger charge is -2.18. The molecule has 0 aromatic heterocycles. The third kappa shape index (κ3) is 3.12. The van der Waals surface area contributed by atoms with Gasteiger partial charge >= 0.3 is 0 Å². The minimum absolute atomic E-state index is 0.628. The Kier molecular flexibility index (Phi) is 3.94. The van der Waals surface area contributed by atoms with Crippen molar-refractivity contribution in [2.45, 2.75) is 20.3 Å². The zero-order valence-corrected chi connectivity index (χ0v) is 8.92. The molecule has 0 aromatic carbocycles. The lowest BCUT2D eigenvalue weighted by Crippen LogP contribution is -2.26. The van der Waals surface area contributed by atoms with Gasteiger partial charge in [-0.3, -0.25) is 4.90 Å². The topological polar surface area (TPSA) is 29.3 Å². The summed E-state index contributed by atoms with van der Waals surface area (Å²) in [6.07, 6.45) is 1.34. The molecule has 1 fully saturated rings. The van der Waals surface area contributed by atoms with E-state index in [1.54, 1.807) is 0 Å². The van der Waals surface area contributed by atoms with Gasteiger partial charge in [-0.2, -0.15) is 0 Å². The second-order valence-corrected chi connectivity index (χ2v) is 4.48. The maximum absolute atomic E-state index is 5.52. The van der Waals surface area contributed by atoms with Crippen LogP contribution in [0.3, 0.4) is 0 Å². The first-order valence-electron chi connectivity index (χ1n) is 5.22. The van der Waals surface area contributed by atoms with Crippen LogP contribution < -0.4 is 5.73 Å². The molecule has 1 aliphatic heterocycles. The Bertz CT molecular complexity index is 175. The molecule has 1 atom stereocenters. The highest BCUT2D eigenvalue weighted by Gasteiger charge is 2.24. The van der Waals surface area contributed by atoms with Gasteiger partial charge in [-0.25, -0.2) is 0 Å². The van der Waals surface area contributed by atoms with Crippen molar-refractivity contribution in [2.24, 2.45) is 17.6 Å². The smallest absolute Gasteiger partial charge is 0.0202 e. The first kappa shape index (κ1) is 10.7. The predicted molar refractivity (Wildman–Crippen MR) is 57.6 cm³/mol. The normalized spacial score (nSPS) is 24.2. The van der Waals surface area contributed by atoms with Gasteiger partial charge in [0.05, 0.1) is 0 Å². The molecule has 2 heteroatoms. The van der Waals surface area contributed by atoms with Crippen LogP contribution in [0.15, 0.2) is 12.2 Å². The Balaban J connectivity index is 2.29. The van der Waals surface area contributed by atoms with E-state index in [0.717, 1.165) is 24.0 Å². The summed E-state index contributed by atoms with van der Waals surface area (Å²) < 4.78 is 0. The molecule has 0 aliphatic carbocycles. The molecule has 2 nitrogen and oxygen atoms in total. The molecule has 0 spiro atoms. The van der Waals surface area contributed by atoms with Gasteiger partial charge in [0.15, 0.2) is 0 Å². The lowest BCUT2D eigenvalue weighted by molar-refractivity contribution is 0.323. The number of likely N-dealkylation sites (tertiary alicyclic amines) is 1. The van der Waals surface area contributed by atoms with E-state index in [1.807, 2.05) is 0 Å².